The molecule has 0 atom stereocenters. The van der Waals surface area contributed by atoms with Crippen molar-refractivity contribution in [3.8, 4) is 5.69 Å². The lowest BCUT2D eigenvalue weighted by atomic mass is 10.2. The third-order valence-corrected chi connectivity index (χ3v) is 4.32. The molecule has 3 rings (SSSR count). The van der Waals surface area contributed by atoms with Gasteiger partial charge >= 0.3 is 6.18 Å². The van der Waals surface area contributed by atoms with E-state index in [2.05, 4.69) is 20.6 Å². The highest BCUT2D eigenvalue weighted by Crippen LogP contribution is 2.33. The van der Waals surface area contributed by atoms with Crippen LogP contribution < -0.4 is 5.32 Å². The molecule has 0 saturated carbocycles. The lowest BCUT2D eigenvalue weighted by molar-refractivity contribution is -0.143. The summed E-state index contributed by atoms with van der Waals surface area (Å²) in [4.78, 5) is 16.5. The zero-order valence-electron chi connectivity index (χ0n) is 14.4. The highest BCUT2D eigenvalue weighted by molar-refractivity contribution is 7.99. The van der Waals surface area contributed by atoms with Crippen molar-refractivity contribution in [2.45, 2.75) is 18.1 Å². The number of anilines is 1. The predicted molar refractivity (Wildman–Crippen MR) is 94.9 cm³/mol. The second kappa shape index (κ2) is 7.97. The van der Waals surface area contributed by atoms with Crippen LogP contribution in [0.3, 0.4) is 0 Å². The molecule has 0 radical (unpaired) electrons. The summed E-state index contributed by atoms with van der Waals surface area (Å²) in [6.45, 7) is 1.95. The number of hydrogen-bond donors (Lipinski definition) is 1. The summed E-state index contributed by atoms with van der Waals surface area (Å²) < 4.78 is 54.5. The summed E-state index contributed by atoms with van der Waals surface area (Å²) in [5.74, 6) is -1.05. The number of carbonyl (C=O) groups is 1. The van der Waals surface area contributed by atoms with Gasteiger partial charge < -0.3 is 5.32 Å². The van der Waals surface area contributed by atoms with Gasteiger partial charge in [0, 0.05) is 0 Å². The zero-order chi connectivity index (χ0) is 20.3. The molecule has 146 valence electrons. The quantitative estimate of drug-likeness (QED) is 0.504. The number of nitrogens with zero attached hydrogens (tertiary/aromatic N) is 4. The summed E-state index contributed by atoms with van der Waals surface area (Å²) in [5.41, 5.74) is -2.33. The minimum absolute atomic E-state index is 0.207. The number of thioether (sulfide) groups is 1. The van der Waals surface area contributed by atoms with Crippen molar-refractivity contribution in [1.82, 2.24) is 20.0 Å². The molecular weight excluding hydrogens is 398 g/mol. The number of benzene rings is 1. The molecule has 1 aromatic carbocycles. The molecule has 3 aromatic rings. The second-order valence-electron chi connectivity index (χ2n) is 5.45. The van der Waals surface area contributed by atoms with Crippen molar-refractivity contribution in [3.63, 3.8) is 0 Å². The Labute approximate surface area is 161 Å². The molecular formula is C17H13F4N5OS. The Morgan fingerprint density at radius 1 is 1.25 bits per heavy atom. The van der Waals surface area contributed by atoms with Gasteiger partial charge in [0.1, 0.15) is 5.82 Å². The highest BCUT2D eigenvalue weighted by atomic mass is 32.2. The number of amides is 1. The van der Waals surface area contributed by atoms with E-state index in [0.717, 1.165) is 17.9 Å². The maximum atomic E-state index is 13.6. The smallest absolute Gasteiger partial charge is 0.319 e. The lowest BCUT2D eigenvalue weighted by Crippen LogP contribution is -2.21. The van der Waals surface area contributed by atoms with Gasteiger partial charge in [-0.2, -0.15) is 13.2 Å². The van der Waals surface area contributed by atoms with Crippen LogP contribution in [0.25, 0.3) is 5.69 Å². The second-order valence-corrected chi connectivity index (χ2v) is 6.73. The Bertz CT molecular complexity index is 988. The summed E-state index contributed by atoms with van der Waals surface area (Å²) in [6, 6.07) is 7.55. The van der Waals surface area contributed by atoms with Gasteiger partial charge in [-0.05, 0) is 36.1 Å². The first kappa shape index (κ1) is 19.8. The first-order chi connectivity index (χ1) is 13.3. The van der Waals surface area contributed by atoms with Gasteiger partial charge in [0.2, 0.25) is 0 Å². The number of nitrogens with one attached hydrogen (secondary N) is 1. The number of aromatic nitrogens is 4. The van der Waals surface area contributed by atoms with Crippen LogP contribution in [-0.4, -0.2) is 31.6 Å². The minimum atomic E-state index is -4.94. The van der Waals surface area contributed by atoms with E-state index in [0.29, 0.717) is 9.71 Å². The third kappa shape index (κ3) is 4.30. The van der Waals surface area contributed by atoms with E-state index in [4.69, 9.17) is 0 Å². The number of pyridine rings is 1. The normalized spacial score (nSPS) is 11.5. The highest BCUT2D eigenvalue weighted by Gasteiger charge is 2.42. The van der Waals surface area contributed by atoms with Crippen molar-refractivity contribution in [3.05, 3.63) is 59.8 Å². The van der Waals surface area contributed by atoms with Gasteiger partial charge in [-0.1, -0.05) is 18.2 Å². The van der Waals surface area contributed by atoms with Gasteiger partial charge in [0.15, 0.2) is 11.4 Å². The molecule has 0 saturated heterocycles. The molecule has 0 unspecified atom stereocenters. The van der Waals surface area contributed by atoms with Crippen molar-refractivity contribution >= 4 is 23.4 Å². The monoisotopic (exact) mass is 411 g/mol. The molecule has 1 N–H and O–H groups in total. The van der Waals surface area contributed by atoms with Gasteiger partial charge in [-0.25, -0.2) is 14.1 Å². The molecule has 6 nitrogen and oxygen atoms in total. The number of rotatable bonds is 5. The number of hydrogen-bond acceptors (Lipinski definition) is 5. The van der Waals surface area contributed by atoms with Crippen LogP contribution in [0.15, 0.2) is 47.6 Å². The van der Waals surface area contributed by atoms with Crippen molar-refractivity contribution < 1.29 is 22.4 Å². The molecule has 0 aliphatic rings. The summed E-state index contributed by atoms with van der Waals surface area (Å²) >= 11 is 1.48. The molecule has 2 aromatic heterocycles. The maximum absolute atomic E-state index is 13.6. The van der Waals surface area contributed by atoms with Gasteiger partial charge in [-0.3, -0.25) is 4.79 Å². The van der Waals surface area contributed by atoms with E-state index in [1.165, 1.54) is 36.2 Å². The standard InChI is InChI=1S/C17H13F4N5OS/c1-2-28-13-7-6-11(9-22-13)23-16(27)14-15(17(19,20)21)26(25-24-14)12-5-3-4-10(18)8-12/h3-9H,2H2,1H3,(H,23,27). The van der Waals surface area contributed by atoms with Crippen molar-refractivity contribution in [2.75, 3.05) is 11.1 Å². The molecule has 0 fully saturated rings. The van der Waals surface area contributed by atoms with E-state index in [1.807, 2.05) is 6.92 Å². The van der Waals surface area contributed by atoms with Crippen LogP contribution in [0.2, 0.25) is 0 Å². The van der Waals surface area contributed by atoms with Crippen molar-refractivity contribution in [2.24, 2.45) is 0 Å². The van der Waals surface area contributed by atoms with E-state index in [-0.39, 0.29) is 11.4 Å². The third-order valence-electron chi connectivity index (χ3n) is 3.49. The first-order valence-electron chi connectivity index (χ1n) is 7.98. The Hall–Kier alpha value is -2.95. The topological polar surface area (TPSA) is 72.7 Å². The fourth-order valence-corrected chi connectivity index (χ4v) is 2.94. The Kier molecular flexibility index (Phi) is 5.63. The molecule has 11 heteroatoms. The summed E-state index contributed by atoms with van der Waals surface area (Å²) in [6.07, 6.45) is -3.61. The lowest BCUT2D eigenvalue weighted by Gasteiger charge is -2.11. The minimum Gasteiger partial charge on any atom is -0.319 e. The number of carbonyl (C=O) groups excluding carboxylic acids is 1. The van der Waals surface area contributed by atoms with E-state index in [1.54, 1.807) is 6.07 Å². The summed E-state index contributed by atoms with van der Waals surface area (Å²) in [5, 5.41) is 9.79. The molecule has 0 spiro atoms. The molecule has 0 aliphatic carbocycles. The van der Waals surface area contributed by atoms with Crippen LogP contribution in [0.1, 0.15) is 23.1 Å². The van der Waals surface area contributed by atoms with E-state index in [9.17, 15) is 22.4 Å². The van der Waals surface area contributed by atoms with Crippen LogP contribution in [-0.2, 0) is 6.18 Å². The molecule has 0 aliphatic heterocycles. The summed E-state index contributed by atoms with van der Waals surface area (Å²) in [7, 11) is 0. The molecule has 0 bridgehead atoms. The number of halogens is 4. The van der Waals surface area contributed by atoms with Gasteiger partial charge in [0.05, 0.1) is 22.6 Å². The fourth-order valence-electron chi connectivity index (χ4n) is 2.36. The molecule has 2 heterocycles. The van der Waals surface area contributed by atoms with Crippen LogP contribution in [0.5, 0.6) is 0 Å². The molecule has 28 heavy (non-hydrogen) atoms. The van der Waals surface area contributed by atoms with Gasteiger partial charge in [0.25, 0.3) is 5.91 Å². The first-order valence-corrected chi connectivity index (χ1v) is 8.97. The average Bonchev–Trinajstić information content (AvgIpc) is 3.09. The Balaban J connectivity index is 1.94. The Morgan fingerprint density at radius 3 is 2.64 bits per heavy atom. The zero-order valence-corrected chi connectivity index (χ0v) is 15.2. The predicted octanol–water partition coefficient (Wildman–Crippen LogP) is 4.18. The number of alkyl halides is 3. The van der Waals surface area contributed by atoms with Gasteiger partial charge in [-0.15, -0.1) is 16.9 Å². The average molecular weight is 411 g/mol. The van der Waals surface area contributed by atoms with Crippen molar-refractivity contribution in [1.29, 1.82) is 0 Å². The van der Waals surface area contributed by atoms with E-state index >= 15 is 0 Å². The molecule has 1 amide bonds. The maximum Gasteiger partial charge on any atom is 0.435 e. The fraction of sp³-hybridized carbons (Fsp3) is 0.176. The SMILES string of the molecule is CCSc1ccc(NC(=O)c2nnn(-c3cccc(F)c3)c2C(F)(F)F)cn1. The van der Waals surface area contributed by atoms with E-state index < -0.39 is 29.3 Å². The van der Waals surface area contributed by atoms with Crippen LogP contribution >= 0.6 is 11.8 Å². The largest absolute Gasteiger partial charge is 0.435 e. The van der Waals surface area contributed by atoms with Crippen LogP contribution in [0.4, 0.5) is 23.2 Å². The Morgan fingerprint density at radius 2 is 2.04 bits per heavy atom. The van der Waals surface area contributed by atoms with Crippen LogP contribution in [0, 0.1) is 5.82 Å².